The molecule has 25 heavy (non-hydrogen) atoms. The summed E-state index contributed by atoms with van der Waals surface area (Å²) in [6.45, 7) is 3.91. The molecule has 0 saturated carbocycles. The number of hydrogen-bond donors (Lipinski definition) is 2. The Morgan fingerprint density at radius 2 is 2.04 bits per heavy atom. The monoisotopic (exact) mass is 338 g/mol. The third-order valence-electron chi connectivity index (χ3n) is 4.75. The highest BCUT2D eigenvalue weighted by molar-refractivity contribution is 5.95. The summed E-state index contributed by atoms with van der Waals surface area (Å²) in [4.78, 5) is 11.5. The van der Waals surface area contributed by atoms with Gasteiger partial charge in [0.1, 0.15) is 11.5 Å². The number of benzene rings is 2. The molecule has 0 radical (unpaired) electrons. The number of nitrogens with one attached hydrogen (secondary N) is 2. The molecule has 0 aliphatic carbocycles. The zero-order valence-corrected chi connectivity index (χ0v) is 14.3. The molecule has 130 valence electrons. The van der Waals surface area contributed by atoms with Crippen LogP contribution in [0.5, 0.6) is 11.5 Å². The van der Waals surface area contributed by atoms with Crippen LogP contribution in [-0.4, -0.2) is 25.7 Å². The van der Waals surface area contributed by atoms with Crippen LogP contribution in [0.1, 0.15) is 29.7 Å². The average molecular weight is 338 g/mol. The van der Waals surface area contributed by atoms with Gasteiger partial charge in [0.2, 0.25) is 0 Å². The number of carbonyl (C=O) groups is 1. The Morgan fingerprint density at radius 3 is 2.96 bits per heavy atom. The lowest BCUT2D eigenvalue weighted by atomic mass is 10.0. The normalized spacial score (nSPS) is 16.3. The van der Waals surface area contributed by atoms with Gasteiger partial charge in [0, 0.05) is 12.5 Å². The van der Waals surface area contributed by atoms with Crippen molar-refractivity contribution in [3.63, 3.8) is 0 Å². The Balaban J connectivity index is 1.35. The van der Waals surface area contributed by atoms with E-state index in [2.05, 4.69) is 35.8 Å². The number of amides is 1. The highest BCUT2D eigenvalue weighted by Crippen LogP contribution is 2.30. The van der Waals surface area contributed by atoms with Crippen LogP contribution in [-0.2, 0) is 17.6 Å². The lowest BCUT2D eigenvalue weighted by Gasteiger charge is -2.21. The van der Waals surface area contributed by atoms with Crippen LogP contribution < -0.4 is 20.1 Å². The third kappa shape index (κ3) is 3.46. The van der Waals surface area contributed by atoms with Gasteiger partial charge in [-0.15, -0.1) is 0 Å². The van der Waals surface area contributed by atoms with Gasteiger partial charge in [-0.05, 0) is 54.8 Å². The van der Waals surface area contributed by atoms with Crippen LogP contribution in [0.3, 0.4) is 0 Å². The van der Waals surface area contributed by atoms with Gasteiger partial charge in [0.25, 0.3) is 5.91 Å². The van der Waals surface area contributed by atoms with E-state index in [1.807, 2.05) is 18.2 Å². The molecular weight excluding hydrogens is 316 g/mol. The maximum Gasteiger partial charge on any atom is 0.262 e. The second-order valence-corrected chi connectivity index (χ2v) is 6.56. The molecule has 1 amide bonds. The van der Waals surface area contributed by atoms with Crippen molar-refractivity contribution in [1.29, 1.82) is 0 Å². The highest BCUT2D eigenvalue weighted by Gasteiger charge is 2.17. The standard InChI is InChI=1S/C20H22N2O3/c1-13(15-3-5-19-17(11-15)22-20(23)12-25-19)21-8-6-14-2-4-18-16(10-14)7-9-24-18/h2-5,10-11,13,21H,6-9,12H2,1H3,(H,22,23). The lowest BCUT2D eigenvalue weighted by molar-refractivity contribution is -0.118. The number of fused-ring (bicyclic) bond motifs is 2. The minimum absolute atomic E-state index is 0.0893. The van der Waals surface area contributed by atoms with Gasteiger partial charge in [-0.2, -0.15) is 0 Å². The van der Waals surface area contributed by atoms with E-state index in [1.54, 1.807) is 0 Å². The lowest BCUT2D eigenvalue weighted by Crippen LogP contribution is -2.26. The van der Waals surface area contributed by atoms with Crippen molar-refractivity contribution in [1.82, 2.24) is 5.32 Å². The van der Waals surface area contributed by atoms with Crippen LogP contribution in [0, 0.1) is 0 Å². The Bertz CT molecular complexity index is 804. The zero-order chi connectivity index (χ0) is 17.2. The maximum atomic E-state index is 11.5. The smallest absolute Gasteiger partial charge is 0.262 e. The molecule has 5 heteroatoms. The Hall–Kier alpha value is -2.53. The van der Waals surface area contributed by atoms with Gasteiger partial charge < -0.3 is 20.1 Å². The molecule has 1 atom stereocenters. The average Bonchev–Trinajstić information content (AvgIpc) is 3.08. The first-order valence-corrected chi connectivity index (χ1v) is 8.73. The van der Waals surface area contributed by atoms with E-state index in [9.17, 15) is 4.79 Å². The second-order valence-electron chi connectivity index (χ2n) is 6.56. The van der Waals surface area contributed by atoms with Crippen molar-refractivity contribution in [2.75, 3.05) is 25.1 Å². The summed E-state index contributed by atoms with van der Waals surface area (Å²) in [5.41, 5.74) is 4.53. The number of ether oxygens (including phenoxy) is 2. The molecule has 0 spiro atoms. The van der Waals surface area contributed by atoms with Gasteiger partial charge in [-0.3, -0.25) is 4.79 Å². The van der Waals surface area contributed by atoms with Crippen molar-refractivity contribution in [2.24, 2.45) is 0 Å². The van der Waals surface area contributed by atoms with Crippen LogP contribution in [0.25, 0.3) is 0 Å². The predicted octanol–water partition coefficient (Wildman–Crippen LogP) is 2.85. The molecule has 2 aromatic carbocycles. The molecule has 2 aliphatic rings. The predicted molar refractivity (Wildman–Crippen MR) is 96.3 cm³/mol. The molecule has 2 aromatic rings. The van der Waals surface area contributed by atoms with E-state index in [1.165, 1.54) is 11.1 Å². The quantitative estimate of drug-likeness (QED) is 0.880. The second kappa shape index (κ2) is 6.76. The van der Waals surface area contributed by atoms with Gasteiger partial charge in [0.05, 0.1) is 12.3 Å². The fraction of sp³-hybridized carbons (Fsp3) is 0.350. The topological polar surface area (TPSA) is 59.6 Å². The molecule has 2 heterocycles. The van der Waals surface area contributed by atoms with Crippen molar-refractivity contribution >= 4 is 11.6 Å². The van der Waals surface area contributed by atoms with Gasteiger partial charge in [-0.25, -0.2) is 0 Å². The van der Waals surface area contributed by atoms with Crippen LogP contribution in [0.15, 0.2) is 36.4 Å². The molecule has 0 saturated heterocycles. The number of hydrogen-bond acceptors (Lipinski definition) is 4. The summed E-state index contributed by atoms with van der Waals surface area (Å²) in [5, 5.41) is 6.41. The molecule has 0 aromatic heterocycles. The van der Waals surface area contributed by atoms with Crippen LogP contribution >= 0.6 is 0 Å². The van der Waals surface area contributed by atoms with Crippen LogP contribution in [0.4, 0.5) is 5.69 Å². The largest absolute Gasteiger partial charge is 0.493 e. The van der Waals surface area contributed by atoms with Gasteiger partial charge in [-0.1, -0.05) is 18.2 Å². The third-order valence-corrected chi connectivity index (χ3v) is 4.75. The van der Waals surface area contributed by atoms with E-state index in [0.717, 1.165) is 48.7 Å². The summed E-state index contributed by atoms with van der Waals surface area (Å²) in [6, 6.07) is 12.6. The van der Waals surface area contributed by atoms with E-state index < -0.39 is 0 Å². The van der Waals surface area contributed by atoms with E-state index in [-0.39, 0.29) is 18.6 Å². The maximum absolute atomic E-state index is 11.5. The van der Waals surface area contributed by atoms with Gasteiger partial charge in [0.15, 0.2) is 6.61 Å². The number of anilines is 1. The zero-order valence-electron chi connectivity index (χ0n) is 14.3. The molecular formula is C20H22N2O3. The summed E-state index contributed by atoms with van der Waals surface area (Å²) in [7, 11) is 0. The first-order chi connectivity index (χ1) is 12.2. The molecule has 5 nitrogen and oxygen atoms in total. The molecule has 4 rings (SSSR count). The molecule has 1 unspecified atom stereocenters. The van der Waals surface area contributed by atoms with Gasteiger partial charge >= 0.3 is 0 Å². The first kappa shape index (κ1) is 16.0. The van der Waals surface area contributed by atoms with Crippen molar-refractivity contribution in [3.05, 3.63) is 53.1 Å². The number of carbonyl (C=O) groups excluding carboxylic acids is 1. The Labute approximate surface area is 147 Å². The molecule has 2 N–H and O–H groups in total. The van der Waals surface area contributed by atoms with Crippen molar-refractivity contribution in [2.45, 2.75) is 25.8 Å². The SMILES string of the molecule is CC(NCCc1ccc2c(c1)CCO2)c1ccc2c(c1)NC(=O)CO2. The van der Waals surface area contributed by atoms with E-state index in [4.69, 9.17) is 9.47 Å². The number of rotatable bonds is 5. The summed E-state index contributed by atoms with van der Waals surface area (Å²) < 4.78 is 11.0. The van der Waals surface area contributed by atoms with E-state index in [0.29, 0.717) is 0 Å². The minimum atomic E-state index is -0.106. The Kier molecular flexibility index (Phi) is 4.32. The molecule has 0 fully saturated rings. The van der Waals surface area contributed by atoms with Crippen molar-refractivity contribution in [3.8, 4) is 11.5 Å². The first-order valence-electron chi connectivity index (χ1n) is 8.73. The summed E-state index contributed by atoms with van der Waals surface area (Å²) in [5.74, 6) is 1.66. The minimum Gasteiger partial charge on any atom is -0.493 e. The van der Waals surface area contributed by atoms with Crippen LogP contribution in [0.2, 0.25) is 0 Å². The summed E-state index contributed by atoms with van der Waals surface area (Å²) >= 11 is 0. The summed E-state index contributed by atoms with van der Waals surface area (Å²) in [6.07, 6.45) is 1.98. The van der Waals surface area contributed by atoms with Crippen molar-refractivity contribution < 1.29 is 14.3 Å². The highest BCUT2D eigenvalue weighted by atomic mass is 16.5. The van der Waals surface area contributed by atoms with E-state index >= 15 is 0 Å². The molecule has 2 aliphatic heterocycles. The fourth-order valence-corrected chi connectivity index (χ4v) is 3.32. The molecule has 0 bridgehead atoms. The fourth-order valence-electron chi connectivity index (χ4n) is 3.32. The Morgan fingerprint density at radius 1 is 1.16 bits per heavy atom.